The summed E-state index contributed by atoms with van der Waals surface area (Å²) in [6.07, 6.45) is 3.04. The van der Waals surface area contributed by atoms with Crippen molar-refractivity contribution in [2.75, 3.05) is 5.32 Å². The highest BCUT2D eigenvalue weighted by molar-refractivity contribution is 6.17. The minimum Gasteiger partial charge on any atom is -0.511 e. The molecule has 12 heteroatoms. The standard InChI is InChI=1S/C33H27N5O7/c39-27-13-20(18-5-2-1-3-6-18)14-28(40)22(27)16-35-31(43)25-10-9-19(15-34-25)30(42)36-24-8-4-7-21-23(24)17-38(33(21)45)26-11-12-29(41)37-32(26)44/h1-10,15-16,20,26,39H,11-14,17H2,(H,36,42)(H,37,41,44). The number of rotatable bonds is 6. The predicted octanol–water partition coefficient (Wildman–Crippen LogP) is 3.26. The molecule has 5 amide bonds. The fraction of sp³-hybridized carbons (Fsp3) is 0.212. The minimum atomic E-state index is -0.786. The highest BCUT2D eigenvalue weighted by atomic mass is 16.3. The van der Waals surface area contributed by atoms with Crippen LogP contribution in [0.3, 0.4) is 0 Å². The number of amides is 5. The molecule has 12 nitrogen and oxygen atoms in total. The van der Waals surface area contributed by atoms with Crippen molar-refractivity contribution in [1.29, 1.82) is 0 Å². The number of anilines is 1. The summed E-state index contributed by atoms with van der Waals surface area (Å²) >= 11 is 0. The number of aliphatic imine (C=N–C) groups is 1. The van der Waals surface area contributed by atoms with E-state index in [9.17, 15) is 33.9 Å². The highest BCUT2D eigenvalue weighted by Gasteiger charge is 2.40. The molecule has 0 bridgehead atoms. The van der Waals surface area contributed by atoms with E-state index in [-0.39, 0.29) is 78.3 Å². The van der Waals surface area contributed by atoms with Crippen LogP contribution in [0, 0.1) is 0 Å². The average Bonchev–Trinajstić information content (AvgIpc) is 3.37. The van der Waals surface area contributed by atoms with E-state index >= 15 is 0 Å². The van der Waals surface area contributed by atoms with Crippen LogP contribution in [0.25, 0.3) is 0 Å². The average molecular weight is 606 g/mol. The van der Waals surface area contributed by atoms with E-state index in [2.05, 4.69) is 20.6 Å². The first-order chi connectivity index (χ1) is 21.7. The van der Waals surface area contributed by atoms with Gasteiger partial charge >= 0.3 is 0 Å². The van der Waals surface area contributed by atoms with E-state index in [1.54, 1.807) is 18.2 Å². The summed E-state index contributed by atoms with van der Waals surface area (Å²) in [4.78, 5) is 84.6. The van der Waals surface area contributed by atoms with Crippen LogP contribution in [-0.4, -0.2) is 62.6 Å². The van der Waals surface area contributed by atoms with Crippen LogP contribution in [0.15, 0.2) is 83.2 Å². The Morgan fingerprint density at radius 3 is 2.51 bits per heavy atom. The Kier molecular flexibility index (Phi) is 7.86. The van der Waals surface area contributed by atoms with Gasteiger partial charge in [0.25, 0.3) is 17.7 Å². The fourth-order valence-corrected chi connectivity index (χ4v) is 5.76. The molecular formula is C33H27N5O7. The molecule has 3 N–H and O–H groups in total. The van der Waals surface area contributed by atoms with Crippen molar-refractivity contribution in [3.05, 3.63) is 106 Å². The van der Waals surface area contributed by atoms with Crippen LogP contribution in [0.1, 0.15) is 73.9 Å². The normalized spacial score (nSPS) is 20.0. The monoisotopic (exact) mass is 605 g/mol. The third-order valence-corrected chi connectivity index (χ3v) is 8.14. The fourth-order valence-electron chi connectivity index (χ4n) is 5.76. The molecule has 3 aromatic rings. The van der Waals surface area contributed by atoms with Crippen molar-refractivity contribution in [3.8, 4) is 0 Å². The number of pyridine rings is 1. The number of aromatic nitrogens is 1. The molecule has 1 aliphatic carbocycles. The molecule has 3 aliphatic rings. The number of allylic oxidation sites excluding steroid dienone is 2. The van der Waals surface area contributed by atoms with Gasteiger partial charge in [-0.1, -0.05) is 36.4 Å². The Morgan fingerprint density at radius 2 is 1.80 bits per heavy atom. The summed E-state index contributed by atoms with van der Waals surface area (Å²) in [5, 5.41) is 15.5. The number of Topliss-reactive ketones (excluding diaryl/α,β-unsaturated/α-hetero) is 1. The zero-order valence-corrected chi connectivity index (χ0v) is 23.9. The summed E-state index contributed by atoms with van der Waals surface area (Å²) in [5.74, 6) is -3.18. The molecule has 1 aromatic heterocycles. The molecule has 2 unspecified atom stereocenters. The Hall–Kier alpha value is -5.78. The number of fused-ring (bicyclic) bond motifs is 1. The van der Waals surface area contributed by atoms with Gasteiger partial charge in [0.1, 0.15) is 17.5 Å². The molecule has 3 heterocycles. The number of aliphatic hydroxyl groups excluding tert-OH is 1. The number of nitrogens with zero attached hydrogens (tertiary/aromatic N) is 3. The first kappa shape index (κ1) is 29.3. The minimum absolute atomic E-state index is 0.0171. The Bertz CT molecular complexity index is 1810. The first-order valence-corrected chi connectivity index (χ1v) is 14.3. The predicted molar refractivity (Wildman–Crippen MR) is 161 cm³/mol. The van der Waals surface area contributed by atoms with E-state index < -0.39 is 23.8 Å². The molecule has 226 valence electrons. The third kappa shape index (κ3) is 5.90. The topological polar surface area (TPSA) is 175 Å². The van der Waals surface area contributed by atoms with Crippen molar-refractivity contribution < 1.29 is 33.9 Å². The first-order valence-electron chi connectivity index (χ1n) is 14.3. The third-order valence-electron chi connectivity index (χ3n) is 8.14. The summed E-state index contributed by atoms with van der Waals surface area (Å²) in [7, 11) is 0. The zero-order valence-electron chi connectivity index (χ0n) is 23.9. The van der Waals surface area contributed by atoms with E-state index in [0.717, 1.165) is 11.8 Å². The van der Waals surface area contributed by atoms with Crippen LogP contribution in [0.2, 0.25) is 0 Å². The number of hydrogen-bond donors (Lipinski definition) is 3. The van der Waals surface area contributed by atoms with Gasteiger partial charge in [-0.15, -0.1) is 0 Å². The van der Waals surface area contributed by atoms with Gasteiger partial charge < -0.3 is 15.3 Å². The second kappa shape index (κ2) is 12.1. The maximum atomic E-state index is 13.1. The molecule has 1 saturated heterocycles. The number of benzene rings is 2. The van der Waals surface area contributed by atoms with E-state index in [1.807, 2.05) is 30.3 Å². The van der Waals surface area contributed by atoms with Crippen molar-refractivity contribution in [2.24, 2.45) is 4.99 Å². The lowest BCUT2D eigenvalue weighted by atomic mass is 9.83. The zero-order chi connectivity index (χ0) is 31.7. The van der Waals surface area contributed by atoms with Crippen LogP contribution >= 0.6 is 0 Å². The van der Waals surface area contributed by atoms with Crippen LogP contribution in [0.4, 0.5) is 5.69 Å². The summed E-state index contributed by atoms with van der Waals surface area (Å²) < 4.78 is 0. The molecule has 0 spiro atoms. The molecule has 2 aliphatic heterocycles. The van der Waals surface area contributed by atoms with Gasteiger partial charge in [0.05, 0.1) is 11.1 Å². The number of carbonyl (C=O) groups excluding carboxylic acids is 6. The SMILES string of the molecule is O=C1CCC(N2Cc3c(NC(=O)c4ccc(C(=O)N=CC5=C(O)CC(c6ccccc6)CC5=O)nc4)cccc3C2=O)C(=O)N1. The molecular weight excluding hydrogens is 578 g/mol. The Labute approximate surface area is 256 Å². The molecule has 0 radical (unpaired) electrons. The van der Waals surface area contributed by atoms with E-state index in [0.29, 0.717) is 16.8 Å². The van der Waals surface area contributed by atoms with Crippen molar-refractivity contribution >= 4 is 47.2 Å². The lowest BCUT2D eigenvalue weighted by molar-refractivity contribution is -0.137. The number of nitrogens with one attached hydrogen (secondary N) is 2. The van der Waals surface area contributed by atoms with Crippen molar-refractivity contribution in [1.82, 2.24) is 15.2 Å². The largest absolute Gasteiger partial charge is 0.511 e. The van der Waals surface area contributed by atoms with Gasteiger partial charge in [0.2, 0.25) is 11.8 Å². The van der Waals surface area contributed by atoms with Crippen molar-refractivity contribution in [2.45, 2.75) is 44.2 Å². The molecule has 1 fully saturated rings. The quantitative estimate of drug-likeness (QED) is 0.283. The van der Waals surface area contributed by atoms with E-state index in [1.165, 1.54) is 23.2 Å². The van der Waals surface area contributed by atoms with Gasteiger partial charge in [-0.05, 0) is 42.2 Å². The Morgan fingerprint density at radius 1 is 1.00 bits per heavy atom. The molecule has 2 atom stereocenters. The molecule has 0 saturated carbocycles. The number of imide groups is 1. The Balaban J connectivity index is 1.11. The molecule has 6 rings (SSSR count). The van der Waals surface area contributed by atoms with Crippen molar-refractivity contribution in [3.63, 3.8) is 0 Å². The number of aliphatic hydroxyl groups is 1. The van der Waals surface area contributed by atoms with Crippen LogP contribution in [0.5, 0.6) is 0 Å². The summed E-state index contributed by atoms with van der Waals surface area (Å²) in [6, 6.07) is 16.2. The number of piperidine rings is 1. The lowest BCUT2D eigenvalue weighted by Gasteiger charge is -2.29. The maximum Gasteiger partial charge on any atom is 0.295 e. The number of hydrogen-bond acceptors (Lipinski definition) is 8. The van der Waals surface area contributed by atoms with Crippen LogP contribution < -0.4 is 10.6 Å². The highest BCUT2D eigenvalue weighted by Crippen LogP contribution is 2.34. The van der Waals surface area contributed by atoms with Gasteiger partial charge in [-0.25, -0.2) is 4.99 Å². The summed E-state index contributed by atoms with van der Waals surface area (Å²) in [6.45, 7) is 0.0853. The van der Waals surface area contributed by atoms with Gasteiger partial charge in [-0.2, -0.15) is 0 Å². The van der Waals surface area contributed by atoms with Crippen LogP contribution in [-0.2, 0) is 20.9 Å². The number of ketones is 1. The smallest absolute Gasteiger partial charge is 0.295 e. The maximum absolute atomic E-state index is 13.1. The second-order valence-electron chi connectivity index (χ2n) is 11.0. The lowest BCUT2D eigenvalue weighted by Crippen LogP contribution is -2.52. The summed E-state index contributed by atoms with van der Waals surface area (Å²) in [5.41, 5.74) is 2.26. The van der Waals surface area contributed by atoms with Gasteiger partial charge in [0, 0.05) is 55.0 Å². The molecule has 45 heavy (non-hydrogen) atoms. The van der Waals surface area contributed by atoms with Gasteiger partial charge in [0.15, 0.2) is 5.78 Å². The van der Waals surface area contributed by atoms with E-state index in [4.69, 9.17) is 0 Å². The second-order valence-corrected chi connectivity index (χ2v) is 11.0. The number of carbonyl (C=O) groups is 6. The van der Waals surface area contributed by atoms with Gasteiger partial charge in [-0.3, -0.25) is 39.1 Å². The molecule has 2 aromatic carbocycles.